The Balaban J connectivity index is 2.14. The largest absolute Gasteiger partial charge is 0.345 e. The summed E-state index contributed by atoms with van der Waals surface area (Å²) in [5, 5.41) is 0. The number of Topliss-reactive ketones (excluding diaryl/α,β-unsaturated/α-hetero) is 1. The zero-order valence-corrected chi connectivity index (χ0v) is 13.3. The molecule has 21 heavy (non-hydrogen) atoms. The average Bonchev–Trinajstić information content (AvgIpc) is 2.62. The fraction of sp³-hybridized carbons (Fsp3) is 0.529. The minimum atomic E-state index is -0.262. The Hall–Kier alpha value is -1.68. The molecule has 1 aliphatic heterocycles. The second-order valence-electron chi connectivity index (χ2n) is 5.98. The van der Waals surface area contributed by atoms with Crippen molar-refractivity contribution in [3.63, 3.8) is 0 Å². The van der Waals surface area contributed by atoms with E-state index in [0.29, 0.717) is 6.54 Å². The van der Waals surface area contributed by atoms with Crippen molar-refractivity contribution >= 4 is 11.7 Å². The molecule has 1 amide bonds. The predicted molar refractivity (Wildman–Crippen MR) is 83.5 cm³/mol. The van der Waals surface area contributed by atoms with E-state index in [2.05, 4.69) is 0 Å². The van der Waals surface area contributed by atoms with Crippen LogP contribution in [0.2, 0.25) is 0 Å². The van der Waals surface area contributed by atoms with Gasteiger partial charge in [0.05, 0.1) is 12.6 Å². The first-order valence-electron chi connectivity index (χ1n) is 7.49. The lowest BCUT2D eigenvalue weighted by Gasteiger charge is -2.25. The van der Waals surface area contributed by atoms with E-state index >= 15 is 0 Å². The van der Waals surface area contributed by atoms with Gasteiger partial charge in [-0.15, -0.1) is 0 Å². The molecule has 1 aliphatic rings. The summed E-state index contributed by atoms with van der Waals surface area (Å²) >= 11 is 0. The van der Waals surface area contributed by atoms with E-state index < -0.39 is 0 Å². The molecule has 1 aromatic carbocycles. The SMILES string of the molecule is Cc1ccc(C(=O)C(C)N2CCCN(C)C(=O)C2)cc1C. The lowest BCUT2D eigenvalue weighted by atomic mass is 9.99. The molecule has 4 heteroatoms. The van der Waals surface area contributed by atoms with Gasteiger partial charge >= 0.3 is 0 Å². The standard InChI is InChI=1S/C17H24N2O2/c1-12-6-7-15(10-13(12)2)17(21)14(3)19-9-5-8-18(4)16(20)11-19/h6-7,10,14H,5,8-9,11H2,1-4H3. The van der Waals surface area contributed by atoms with Crippen molar-refractivity contribution in [3.8, 4) is 0 Å². The zero-order valence-electron chi connectivity index (χ0n) is 13.3. The van der Waals surface area contributed by atoms with Crippen molar-refractivity contribution < 1.29 is 9.59 Å². The number of nitrogens with zero attached hydrogens (tertiary/aromatic N) is 2. The smallest absolute Gasteiger partial charge is 0.236 e. The molecule has 0 saturated carbocycles. The van der Waals surface area contributed by atoms with Crippen molar-refractivity contribution in [3.05, 3.63) is 34.9 Å². The molecule has 0 N–H and O–H groups in total. The molecule has 1 aromatic rings. The summed E-state index contributed by atoms with van der Waals surface area (Å²) in [6.07, 6.45) is 0.910. The average molecular weight is 288 g/mol. The third-order valence-corrected chi connectivity index (χ3v) is 4.42. The van der Waals surface area contributed by atoms with Crippen LogP contribution in [0, 0.1) is 13.8 Å². The number of likely N-dealkylation sites (N-methyl/N-ethyl adjacent to an activating group) is 1. The minimum Gasteiger partial charge on any atom is -0.345 e. The normalized spacial score (nSPS) is 18.5. The summed E-state index contributed by atoms with van der Waals surface area (Å²) in [5.41, 5.74) is 3.04. The number of carbonyl (C=O) groups is 2. The topological polar surface area (TPSA) is 40.6 Å². The van der Waals surface area contributed by atoms with Crippen molar-refractivity contribution in [2.45, 2.75) is 33.2 Å². The summed E-state index contributed by atoms with van der Waals surface area (Å²) in [5.74, 6) is 0.183. The Kier molecular flexibility index (Phi) is 4.78. The van der Waals surface area contributed by atoms with Crippen LogP contribution in [0.15, 0.2) is 18.2 Å². The maximum absolute atomic E-state index is 12.6. The van der Waals surface area contributed by atoms with Gasteiger partial charge in [-0.3, -0.25) is 14.5 Å². The van der Waals surface area contributed by atoms with Crippen LogP contribution in [0.4, 0.5) is 0 Å². The van der Waals surface area contributed by atoms with E-state index in [1.54, 1.807) is 4.90 Å². The molecule has 1 atom stereocenters. The Morgan fingerprint density at radius 2 is 1.90 bits per heavy atom. The highest BCUT2D eigenvalue weighted by Crippen LogP contribution is 2.15. The number of hydrogen-bond donors (Lipinski definition) is 0. The zero-order chi connectivity index (χ0) is 15.6. The second kappa shape index (κ2) is 6.39. The molecule has 1 heterocycles. The van der Waals surface area contributed by atoms with Crippen LogP contribution < -0.4 is 0 Å². The van der Waals surface area contributed by atoms with Gasteiger partial charge in [-0.2, -0.15) is 0 Å². The second-order valence-corrected chi connectivity index (χ2v) is 5.98. The monoisotopic (exact) mass is 288 g/mol. The van der Waals surface area contributed by atoms with Gasteiger partial charge in [0, 0.05) is 25.7 Å². The highest BCUT2D eigenvalue weighted by atomic mass is 16.2. The Morgan fingerprint density at radius 3 is 2.57 bits per heavy atom. The fourth-order valence-corrected chi connectivity index (χ4v) is 2.64. The van der Waals surface area contributed by atoms with E-state index in [1.165, 1.54) is 5.56 Å². The van der Waals surface area contributed by atoms with Crippen molar-refractivity contribution in [1.29, 1.82) is 0 Å². The Bertz CT molecular complexity index is 554. The number of rotatable bonds is 3. The summed E-state index contributed by atoms with van der Waals surface area (Å²) in [4.78, 5) is 28.3. The van der Waals surface area contributed by atoms with Gasteiger partial charge in [-0.05, 0) is 44.4 Å². The van der Waals surface area contributed by atoms with E-state index in [0.717, 1.165) is 30.6 Å². The molecule has 2 rings (SSSR count). The van der Waals surface area contributed by atoms with E-state index in [4.69, 9.17) is 0 Å². The summed E-state index contributed by atoms with van der Waals surface area (Å²) < 4.78 is 0. The van der Waals surface area contributed by atoms with Crippen LogP contribution in [0.3, 0.4) is 0 Å². The van der Waals surface area contributed by atoms with Gasteiger partial charge < -0.3 is 4.90 Å². The first-order chi connectivity index (χ1) is 9.90. The maximum atomic E-state index is 12.6. The Morgan fingerprint density at radius 1 is 1.19 bits per heavy atom. The van der Waals surface area contributed by atoms with Crippen LogP contribution in [0.5, 0.6) is 0 Å². The van der Waals surface area contributed by atoms with Gasteiger partial charge in [0.15, 0.2) is 5.78 Å². The summed E-state index contributed by atoms with van der Waals surface area (Å²) in [7, 11) is 1.82. The van der Waals surface area contributed by atoms with Gasteiger partial charge in [0.1, 0.15) is 0 Å². The van der Waals surface area contributed by atoms with Crippen molar-refractivity contribution in [1.82, 2.24) is 9.80 Å². The third-order valence-electron chi connectivity index (χ3n) is 4.42. The predicted octanol–water partition coefficient (Wildman–Crippen LogP) is 2.04. The lowest BCUT2D eigenvalue weighted by Crippen LogP contribution is -2.43. The van der Waals surface area contributed by atoms with Gasteiger partial charge in [0.25, 0.3) is 0 Å². The molecule has 0 aromatic heterocycles. The molecule has 1 fully saturated rings. The quantitative estimate of drug-likeness (QED) is 0.799. The van der Waals surface area contributed by atoms with Gasteiger partial charge in [-0.25, -0.2) is 0 Å². The van der Waals surface area contributed by atoms with Gasteiger partial charge in [0.2, 0.25) is 5.91 Å². The van der Waals surface area contributed by atoms with Crippen molar-refractivity contribution in [2.75, 3.05) is 26.7 Å². The van der Waals surface area contributed by atoms with E-state index in [1.807, 2.05) is 50.9 Å². The molecule has 1 saturated heterocycles. The van der Waals surface area contributed by atoms with Crippen LogP contribution in [-0.2, 0) is 4.79 Å². The highest BCUT2D eigenvalue weighted by Gasteiger charge is 2.27. The minimum absolute atomic E-state index is 0.0900. The van der Waals surface area contributed by atoms with E-state index in [-0.39, 0.29) is 17.7 Å². The van der Waals surface area contributed by atoms with Gasteiger partial charge in [-0.1, -0.05) is 12.1 Å². The van der Waals surface area contributed by atoms with E-state index in [9.17, 15) is 9.59 Å². The van der Waals surface area contributed by atoms with Crippen molar-refractivity contribution in [2.24, 2.45) is 0 Å². The van der Waals surface area contributed by atoms with Crippen LogP contribution >= 0.6 is 0 Å². The van der Waals surface area contributed by atoms with Crippen LogP contribution in [-0.4, -0.2) is 54.2 Å². The molecule has 114 valence electrons. The highest BCUT2D eigenvalue weighted by molar-refractivity contribution is 6.00. The molecule has 0 radical (unpaired) electrons. The number of hydrogen-bond acceptors (Lipinski definition) is 3. The van der Waals surface area contributed by atoms with Crippen LogP contribution in [0.1, 0.15) is 34.8 Å². The maximum Gasteiger partial charge on any atom is 0.236 e. The number of benzene rings is 1. The molecule has 0 bridgehead atoms. The molecule has 0 spiro atoms. The number of amides is 1. The number of carbonyl (C=O) groups excluding carboxylic acids is 2. The summed E-state index contributed by atoms with van der Waals surface area (Å²) in [6, 6.07) is 5.55. The molecule has 4 nitrogen and oxygen atoms in total. The lowest BCUT2D eigenvalue weighted by molar-refractivity contribution is -0.130. The number of ketones is 1. The summed E-state index contributed by atoms with van der Waals surface area (Å²) in [6.45, 7) is 7.83. The van der Waals surface area contributed by atoms with Crippen LogP contribution in [0.25, 0.3) is 0 Å². The fourth-order valence-electron chi connectivity index (χ4n) is 2.64. The first kappa shape index (κ1) is 15.7. The molecule has 1 unspecified atom stereocenters. The molecular weight excluding hydrogens is 264 g/mol. The molecule has 0 aliphatic carbocycles. The number of aryl methyl sites for hydroxylation is 2. The Labute approximate surface area is 126 Å². The third kappa shape index (κ3) is 3.50. The first-order valence-corrected chi connectivity index (χ1v) is 7.49. The molecular formula is C17H24N2O2.